The summed E-state index contributed by atoms with van der Waals surface area (Å²) in [5.41, 5.74) is 0. The maximum Gasteiger partial charge on any atom is 0.225 e. The van der Waals surface area contributed by atoms with E-state index in [4.69, 9.17) is 0 Å². The molecule has 8 nitrogen and oxygen atoms in total. The number of anilines is 1. The lowest BCUT2D eigenvalue weighted by molar-refractivity contribution is -0.933. The summed E-state index contributed by atoms with van der Waals surface area (Å²) >= 11 is 0. The van der Waals surface area contributed by atoms with Gasteiger partial charge < -0.3 is 9.80 Å². The van der Waals surface area contributed by atoms with E-state index in [2.05, 4.69) is 42.0 Å². The molecule has 2 aromatic rings. The highest BCUT2D eigenvalue weighted by atomic mass is 15.6. The van der Waals surface area contributed by atoms with Crippen molar-refractivity contribution >= 4 is 5.95 Å². The predicted molar refractivity (Wildman–Crippen MR) is 103 cm³/mol. The van der Waals surface area contributed by atoms with Gasteiger partial charge in [0.25, 0.3) is 0 Å². The molecule has 0 amide bonds. The number of hydrogen-bond acceptors (Lipinski definition) is 6. The van der Waals surface area contributed by atoms with Crippen molar-refractivity contribution in [3.63, 3.8) is 0 Å². The van der Waals surface area contributed by atoms with Crippen LogP contribution in [0.4, 0.5) is 5.95 Å². The lowest BCUT2D eigenvalue weighted by Crippen LogP contribution is -3.15. The average Bonchev–Trinajstić information content (AvgIpc) is 3.23. The van der Waals surface area contributed by atoms with Crippen LogP contribution in [0.2, 0.25) is 0 Å². The molecule has 4 rings (SSSR count). The number of aromatic nitrogens is 6. The third-order valence-electron chi connectivity index (χ3n) is 6.06. The molecule has 2 aliphatic rings. The summed E-state index contributed by atoms with van der Waals surface area (Å²) in [5.74, 6) is 1.94. The minimum atomic E-state index is 0.380. The van der Waals surface area contributed by atoms with Crippen molar-refractivity contribution in [2.45, 2.75) is 64.0 Å². The molecule has 1 saturated heterocycles. The zero-order valence-electron chi connectivity index (χ0n) is 16.3. The average molecular weight is 372 g/mol. The lowest BCUT2D eigenvalue weighted by Gasteiger charge is -2.36. The minimum Gasteiger partial charge on any atom is -0.330 e. The van der Waals surface area contributed by atoms with Crippen LogP contribution < -0.4 is 9.80 Å². The van der Waals surface area contributed by atoms with Gasteiger partial charge >= 0.3 is 0 Å². The molecule has 3 heterocycles. The van der Waals surface area contributed by atoms with Gasteiger partial charge in [0, 0.05) is 18.8 Å². The number of nitrogens with one attached hydrogen (secondary N) is 1. The fraction of sp³-hybridized carbons (Fsp3) is 0.737. The van der Waals surface area contributed by atoms with Crippen molar-refractivity contribution in [2.75, 3.05) is 31.1 Å². The van der Waals surface area contributed by atoms with Crippen LogP contribution in [0.5, 0.6) is 0 Å². The highest BCUT2D eigenvalue weighted by Gasteiger charge is 2.34. The summed E-state index contributed by atoms with van der Waals surface area (Å²) in [6, 6.07) is 2.74. The molecular weight excluding hydrogens is 340 g/mol. The monoisotopic (exact) mass is 371 g/mol. The summed E-state index contributed by atoms with van der Waals surface area (Å²) in [6.45, 7) is 6.35. The molecule has 0 aromatic carbocycles. The summed E-state index contributed by atoms with van der Waals surface area (Å²) < 4.78 is 2.17. The Labute approximate surface area is 161 Å². The summed E-state index contributed by atoms with van der Waals surface area (Å²) in [6.07, 6.45) is 12.3. The summed E-state index contributed by atoms with van der Waals surface area (Å²) in [7, 11) is 0. The third-order valence-corrected chi connectivity index (χ3v) is 6.06. The highest BCUT2D eigenvalue weighted by molar-refractivity contribution is 5.28. The van der Waals surface area contributed by atoms with Crippen LogP contribution in [-0.2, 0) is 0 Å². The third kappa shape index (κ3) is 4.10. The van der Waals surface area contributed by atoms with E-state index in [-0.39, 0.29) is 0 Å². The van der Waals surface area contributed by atoms with E-state index in [1.165, 1.54) is 32.1 Å². The first-order valence-electron chi connectivity index (χ1n) is 10.5. The molecule has 27 heavy (non-hydrogen) atoms. The first kappa shape index (κ1) is 18.3. The van der Waals surface area contributed by atoms with Gasteiger partial charge in [-0.15, -0.1) is 5.10 Å². The Morgan fingerprint density at radius 3 is 2.56 bits per heavy atom. The summed E-state index contributed by atoms with van der Waals surface area (Å²) in [5, 5.41) is 13.0. The van der Waals surface area contributed by atoms with Crippen LogP contribution in [0.25, 0.3) is 0 Å². The van der Waals surface area contributed by atoms with Crippen molar-refractivity contribution in [2.24, 2.45) is 0 Å². The molecule has 1 atom stereocenters. The fourth-order valence-electron chi connectivity index (χ4n) is 4.62. The van der Waals surface area contributed by atoms with Crippen LogP contribution in [0.3, 0.4) is 0 Å². The van der Waals surface area contributed by atoms with Gasteiger partial charge in [-0.3, -0.25) is 0 Å². The highest BCUT2D eigenvalue weighted by Crippen LogP contribution is 2.29. The van der Waals surface area contributed by atoms with E-state index >= 15 is 0 Å². The number of hydrogen-bond donors (Lipinski definition) is 1. The zero-order valence-corrected chi connectivity index (χ0v) is 16.3. The van der Waals surface area contributed by atoms with E-state index in [0.717, 1.165) is 50.8 Å². The van der Waals surface area contributed by atoms with Gasteiger partial charge in [0.2, 0.25) is 11.8 Å². The van der Waals surface area contributed by atoms with Crippen LogP contribution in [0.1, 0.15) is 69.8 Å². The molecule has 8 heteroatoms. The van der Waals surface area contributed by atoms with E-state index in [1.807, 2.05) is 18.5 Å². The first-order chi connectivity index (χ1) is 13.4. The molecule has 146 valence electrons. The Kier molecular flexibility index (Phi) is 5.91. The summed E-state index contributed by atoms with van der Waals surface area (Å²) in [4.78, 5) is 12.7. The van der Waals surface area contributed by atoms with Gasteiger partial charge in [-0.2, -0.15) is 0 Å². The van der Waals surface area contributed by atoms with Crippen molar-refractivity contribution in [3.05, 3.63) is 24.3 Å². The molecule has 0 spiro atoms. The Balaban J connectivity index is 1.47. The van der Waals surface area contributed by atoms with Gasteiger partial charge in [-0.1, -0.05) is 32.6 Å². The Bertz CT molecular complexity index is 689. The second-order valence-electron chi connectivity index (χ2n) is 7.81. The van der Waals surface area contributed by atoms with Crippen LogP contribution in [-0.4, -0.2) is 56.4 Å². The van der Waals surface area contributed by atoms with E-state index in [9.17, 15) is 0 Å². The number of quaternary nitrogens is 1. The SMILES string of the molecule is CCC[C@H](c1nnnn1C1CCCCC1)[NH+]1CCN(c2ncccn2)CC1. The normalized spacial score (nSPS) is 20.7. The van der Waals surface area contributed by atoms with Gasteiger partial charge in [0.15, 0.2) is 0 Å². The zero-order chi connectivity index (χ0) is 18.5. The van der Waals surface area contributed by atoms with Crippen LogP contribution >= 0.6 is 0 Å². The standard InChI is InChI=1S/C19H30N8/c1-2-7-17(18-22-23-24-27(18)16-8-4-3-5-9-16)25-12-14-26(15-13-25)19-20-10-6-11-21-19/h6,10-11,16-17H,2-5,7-9,12-15H2,1H3/p+1/t17-/m1/s1. The quantitative estimate of drug-likeness (QED) is 0.823. The van der Waals surface area contributed by atoms with Gasteiger partial charge in [0.05, 0.1) is 32.2 Å². The largest absolute Gasteiger partial charge is 0.330 e. The molecule has 0 radical (unpaired) electrons. The van der Waals surface area contributed by atoms with Crippen LogP contribution in [0.15, 0.2) is 18.5 Å². The topological polar surface area (TPSA) is 77.1 Å². The smallest absolute Gasteiger partial charge is 0.225 e. The molecule has 0 unspecified atom stereocenters. The van der Waals surface area contributed by atoms with Gasteiger partial charge in [-0.25, -0.2) is 14.6 Å². The number of tetrazole rings is 1. The fourth-order valence-corrected chi connectivity index (χ4v) is 4.62. The van der Waals surface area contributed by atoms with Gasteiger partial charge in [-0.05, 0) is 29.3 Å². The van der Waals surface area contributed by atoms with Crippen LogP contribution in [0, 0.1) is 0 Å². The Hall–Kier alpha value is -2.09. The maximum absolute atomic E-state index is 4.51. The predicted octanol–water partition coefficient (Wildman–Crippen LogP) is 1.21. The molecular formula is C19H31N8+. The van der Waals surface area contributed by atoms with E-state index in [0.29, 0.717) is 12.1 Å². The molecule has 0 bridgehead atoms. The number of nitrogens with zero attached hydrogens (tertiary/aromatic N) is 7. The van der Waals surface area contributed by atoms with E-state index in [1.54, 1.807) is 4.90 Å². The maximum atomic E-state index is 4.51. The van der Waals surface area contributed by atoms with Crippen molar-refractivity contribution in [3.8, 4) is 0 Å². The second-order valence-corrected chi connectivity index (χ2v) is 7.81. The molecule has 1 aliphatic heterocycles. The van der Waals surface area contributed by atoms with E-state index < -0.39 is 0 Å². The van der Waals surface area contributed by atoms with Gasteiger partial charge in [0.1, 0.15) is 6.04 Å². The molecule has 2 fully saturated rings. The van der Waals surface area contributed by atoms with Crippen molar-refractivity contribution < 1.29 is 4.90 Å². The second kappa shape index (κ2) is 8.73. The lowest BCUT2D eigenvalue weighted by atomic mass is 9.95. The van der Waals surface area contributed by atoms with Crippen molar-refractivity contribution in [1.29, 1.82) is 0 Å². The molecule has 1 aliphatic carbocycles. The minimum absolute atomic E-state index is 0.380. The first-order valence-corrected chi connectivity index (χ1v) is 10.5. The molecule has 1 saturated carbocycles. The number of rotatable bonds is 6. The van der Waals surface area contributed by atoms with Crippen molar-refractivity contribution in [1.82, 2.24) is 30.2 Å². The number of piperazine rings is 1. The Morgan fingerprint density at radius 2 is 1.85 bits per heavy atom. The molecule has 2 aromatic heterocycles. The Morgan fingerprint density at radius 1 is 1.11 bits per heavy atom. The molecule has 1 N–H and O–H groups in total.